The summed E-state index contributed by atoms with van der Waals surface area (Å²) in [6, 6.07) is 27.8. The van der Waals surface area contributed by atoms with E-state index in [1.54, 1.807) is 13.2 Å². The van der Waals surface area contributed by atoms with Crippen LogP contribution >= 0.6 is 11.8 Å². The third-order valence-corrected chi connectivity index (χ3v) is 7.65. The molecule has 1 heterocycles. The molecule has 0 aliphatic rings. The summed E-state index contributed by atoms with van der Waals surface area (Å²) < 4.78 is 13.7. The molecule has 0 N–H and O–H groups in total. The van der Waals surface area contributed by atoms with E-state index in [-0.39, 0.29) is 11.5 Å². The van der Waals surface area contributed by atoms with Crippen molar-refractivity contribution < 1.29 is 14.4 Å². The highest BCUT2D eigenvalue weighted by molar-refractivity contribution is 7.99. The highest BCUT2D eigenvalue weighted by Crippen LogP contribution is 2.39. The van der Waals surface area contributed by atoms with E-state index < -0.39 is 5.25 Å². The minimum absolute atomic E-state index is 0.288. The van der Waals surface area contributed by atoms with E-state index in [1.165, 1.54) is 11.8 Å². The molecular weight excluding hydrogens is 512 g/mol. The fraction of sp³-hybridized carbons (Fsp3) is 0.200. The Morgan fingerprint density at radius 2 is 1.72 bits per heavy atom. The Labute approximate surface area is 230 Å². The lowest BCUT2D eigenvalue weighted by atomic mass is 10.1. The number of ether oxygens (including phenoxy) is 2. The average molecular weight is 541 g/mol. The second-order valence-corrected chi connectivity index (χ2v) is 10.3. The van der Waals surface area contributed by atoms with E-state index in [2.05, 4.69) is 28.4 Å². The van der Waals surface area contributed by atoms with E-state index >= 15 is 0 Å². The summed E-state index contributed by atoms with van der Waals surface area (Å²) in [4.78, 5) is 11.3. The minimum atomic E-state index is -0.520. The van der Waals surface area contributed by atoms with Gasteiger partial charge in [0.1, 0.15) is 17.7 Å². The van der Waals surface area contributed by atoms with Gasteiger partial charge in [-0.05, 0) is 60.0 Å². The van der Waals surface area contributed by atoms with Crippen molar-refractivity contribution in [3.05, 3.63) is 118 Å². The Balaban J connectivity index is 1.41. The van der Waals surface area contributed by atoms with Gasteiger partial charge in [-0.3, -0.25) is 14.7 Å². The number of nitro groups is 1. The lowest BCUT2D eigenvalue weighted by Gasteiger charge is -2.17. The molecule has 0 amide bonds. The summed E-state index contributed by atoms with van der Waals surface area (Å²) in [6.45, 7) is 3.96. The van der Waals surface area contributed by atoms with Crippen LogP contribution < -0.4 is 9.47 Å². The van der Waals surface area contributed by atoms with Gasteiger partial charge in [0.25, 0.3) is 0 Å². The number of aryl methyl sites for hydroxylation is 2. The molecular formula is C30H28N4O4S. The molecule has 0 saturated heterocycles. The minimum Gasteiger partial charge on any atom is -0.493 e. The van der Waals surface area contributed by atoms with Crippen molar-refractivity contribution in [3.8, 4) is 17.2 Å². The number of hydrogen-bond acceptors (Lipinski definition) is 7. The first-order chi connectivity index (χ1) is 18.9. The Morgan fingerprint density at radius 1 is 0.949 bits per heavy atom. The first-order valence-electron chi connectivity index (χ1n) is 12.5. The van der Waals surface area contributed by atoms with Crippen molar-refractivity contribution in [1.29, 1.82) is 0 Å². The SMILES string of the molecule is COc1cc([C@H](C[N+](=O)[O-])Sc2nnc(C)n2-c2ccc(C)cc2)ccc1OCc1cccc2ccccc12. The number of thioether (sulfide) groups is 1. The fourth-order valence-electron chi connectivity index (χ4n) is 4.46. The van der Waals surface area contributed by atoms with Gasteiger partial charge in [-0.25, -0.2) is 0 Å². The maximum atomic E-state index is 11.7. The molecule has 0 aliphatic carbocycles. The van der Waals surface area contributed by atoms with Crippen molar-refractivity contribution in [3.63, 3.8) is 0 Å². The van der Waals surface area contributed by atoms with E-state index in [1.807, 2.05) is 79.1 Å². The average Bonchev–Trinajstić information content (AvgIpc) is 3.31. The molecule has 0 radical (unpaired) electrons. The van der Waals surface area contributed by atoms with E-state index in [4.69, 9.17) is 9.47 Å². The highest BCUT2D eigenvalue weighted by atomic mass is 32.2. The number of nitrogens with zero attached hydrogens (tertiary/aromatic N) is 4. The molecule has 1 atom stereocenters. The zero-order chi connectivity index (χ0) is 27.4. The van der Waals surface area contributed by atoms with Crippen LogP contribution in [0.2, 0.25) is 0 Å². The topological polar surface area (TPSA) is 92.3 Å². The number of aromatic nitrogens is 3. The van der Waals surface area contributed by atoms with Crippen LogP contribution in [0.4, 0.5) is 0 Å². The van der Waals surface area contributed by atoms with Gasteiger partial charge < -0.3 is 9.47 Å². The number of fused-ring (bicyclic) bond motifs is 1. The van der Waals surface area contributed by atoms with E-state index in [9.17, 15) is 10.1 Å². The summed E-state index contributed by atoms with van der Waals surface area (Å²) >= 11 is 1.30. The molecule has 4 aromatic carbocycles. The molecule has 0 saturated carbocycles. The van der Waals surface area contributed by atoms with E-state index in [0.717, 1.165) is 33.2 Å². The third kappa shape index (κ3) is 5.88. The Kier molecular flexibility index (Phi) is 7.79. The van der Waals surface area contributed by atoms with Crippen molar-refractivity contribution in [2.45, 2.75) is 30.9 Å². The zero-order valence-corrected chi connectivity index (χ0v) is 22.7. The van der Waals surface area contributed by atoms with E-state index in [0.29, 0.717) is 29.1 Å². The third-order valence-electron chi connectivity index (χ3n) is 6.47. The van der Waals surface area contributed by atoms with Crippen LogP contribution in [-0.4, -0.2) is 33.3 Å². The lowest BCUT2D eigenvalue weighted by Crippen LogP contribution is -2.11. The van der Waals surface area contributed by atoms with Crippen LogP contribution in [0.5, 0.6) is 11.5 Å². The van der Waals surface area contributed by atoms with Crippen LogP contribution in [0, 0.1) is 24.0 Å². The lowest BCUT2D eigenvalue weighted by molar-refractivity contribution is -0.479. The van der Waals surface area contributed by atoms with Gasteiger partial charge in [0.15, 0.2) is 16.7 Å². The maximum absolute atomic E-state index is 11.7. The zero-order valence-electron chi connectivity index (χ0n) is 21.9. The van der Waals surface area contributed by atoms with Crippen molar-refractivity contribution in [1.82, 2.24) is 14.8 Å². The Hall–Kier alpha value is -4.37. The highest BCUT2D eigenvalue weighted by Gasteiger charge is 2.25. The number of benzene rings is 4. The normalized spacial score (nSPS) is 11.9. The maximum Gasteiger partial charge on any atom is 0.220 e. The Morgan fingerprint density at radius 3 is 2.49 bits per heavy atom. The monoisotopic (exact) mass is 540 g/mol. The van der Waals surface area contributed by atoms with Gasteiger partial charge in [0.2, 0.25) is 6.54 Å². The van der Waals surface area contributed by atoms with Gasteiger partial charge >= 0.3 is 0 Å². The number of rotatable bonds is 10. The molecule has 0 aliphatic heterocycles. The van der Waals surface area contributed by atoms with Crippen LogP contribution in [0.3, 0.4) is 0 Å². The van der Waals surface area contributed by atoms with Gasteiger partial charge in [0, 0.05) is 10.6 Å². The fourth-order valence-corrected chi connectivity index (χ4v) is 5.63. The summed E-state index contributed by atoms with van der Waals surface area (Å²) in [7, 11) is 1.57. The largest absolute Gasteiger partial charge is 0.493 e. The summed E-state index contributed by atoms with van der Waals surface area (Å²) in [5.41, 5.74) is 3.84. The molecule has 39 heavy (non-hydrogen) atoms. The molecule has 0 fully saturated rings. The predicted octanol–water partition coefficient (Wildman–Crippen LogP) is 6.74. The molecule has 5 rings (SSSR count). The van der Waals surface area contributed by atoms with Crippen LogP contribution in [0.1, 0.15) is 27.8 Å². The molecule has 1 aromatic heterocycles. The standard InChI is InChI=1S/C30H28N4O4S/c1-20-11-14-25(15-12-20)34-21(2)31-32-30(34)39-29(18-33(35)36)23-13-16-27(28(17-23)37-3)38-19-24-9-6-8-22-7-4-5-10-26(22)24/h4-17,29H,18-19H2,1-3H3/t29-/m0/s1. The van der Waals surface area contributed by atoms with Crippen LogP contribution in [0.25, 0.3) is 16.5 Å². The molecule has 198 valence electrons. The van der Waals surface area contributed by atoms with Gasteiger partial charge in [-0.2, -0.15) is 0 Å². The second-order valence-electron chi connectivity index (χ2n) is 9.16. The van der Waals surface area contributed by atoms with Crippen molar-refractivity contribution in [2.24, 2.45) is 0 Å². The van der Waals surface area contributed by atoms with Gasteiger partial charge in [-0.1, -0.05) is 78.0 Å². The van der Waals surface area contributed by atoms with Crippen LogP contribution in [0.15, 0.2) is 90.1 Å². The van der Waals surface area contributed by atoms with Crippen molar-refractivity contribution in [2.75, 3.05) is 13.7 Å². The quantitative estimate of drug-likeness (QED) is 0.110. The smallest absolute Gasteiger partial charge is 0.220 e. The molecule has 9 heteroatoms. The summed E-state index contributed by atoms with van der Waals surface area (Å²) in [5, 5.41) is 22.6. The summed E-state index contributed by atoms with van der Waals surface area (Å²) in [6.07, 6.45) is 0. The second kappa shape index (κ2) is 11.6. The molecule has 5 aromatic rings. The number of methoxy groups -OCH3 is 1. The van der Waals surface area contributed by atoms with Crippen LogP contribution in [-0.2, 0) is 6.61 Å². The molecule has 0 spiro atoms. The van der Waals surface area contributed by atoms with Gasteiger partial charge in [-0.15, -0.1) is 10.2 Å². The summed E-state index contributed by atoms with van der Waals surface area (Å²) in [5.74, 6) is 1.78. The van der Waals surface area contributed by atoms with Crippen molar-refractivity contribution >= 4 is 22.5 Å². The first-order valence-corrected chi connectivity index (χ1v) is 13.4. The molecule has 8 nitrogen and oxygen atoms in total. The molecule has 0 unspecified atom stereocenters. The molecule has 0 bridgehead atoms. The predicted molar refractivity (Wildman–Crippen MR) is 153 cm³/mol. The van der Waals surface area contributed by atoms with Gasteiger partial charge in [0.05, 0.1) is 7.11 Å². The first kappa shape index (κ1) is 26.2. The number of hydrogen-bond donors (Lipinski definition) is 0. The Bertz CT molecular complexity index is 1610.